The highest BCUT2D eigenvalue weighted by Gasteiger charge is 2.06. The van der Waals surface area contributed by atoms with E-state index >= 15 is 0 Å². The van der Waals surface area contributed by atoms with E-state index in [9.17, 15) is 4.79 Å². The fourth-order valence-electron chi connectivity index (χ4n) is 0.976. The lowest BCUT2D eigenvalue weighted by molar-refractivity contribution is 0.112. The molecule has 0 amide bonds. The summed E-state index contributed by atoms with van der Waals surface area (Å²) >= 11 is 6.67. The lowest BCUT2D eigenvalue weighted by Gasteiger charge is -2.06. The van der Waals surface area contributed by atoms with Gasteiger partial charge in [-0.25, -0.2) is 0 Å². The van der Waals surface area contributed by atoms with Gasteiger partial charge in [-0.15, -0.1) is 23.5 Å². The van der Waals surface area contributed by atoms with Gasteiger partial charge in [-0.1, -0.05) is 0 Å². The zero-order chi connectivity index (χ0) is 9.84. The Bertz CT molecular complexity index is 326. The van der Waals surface area contributed by atoms with Gasteiger partial charge in [-0.2, -0.15) is 0 Å². The molecule has 0 fully saturated rings. The lowest BCUT2D eigenvalue weighted by atomic mass is 10.2. The van der Waals surface area contributed by atoms with Crippen LogP contribution < -0.4 is 0 Å². The van der Waals surface area contributed by atoms with Gasteiger partial charge < -0.3 is 0 Å². The topological polar surface area (TPSA) is 17.1 Å². The maximum atomic E-state index is 10.7. The van der Waals surface area contributed by atoms with Crippen molar-refractivity contribution < 1.29 is 4.79 Å². The summed E-state index contributed by atoms with van der Waals surface area (Å²) in [4.78, 5) is 12.8. The Morgan fingerprint density at radius 3 is 2.31 bits per heavy atom. The van der Waals surface area contributed by atoms with Crippen molar-refractivity contribution in [3.05, 3.63) is 22.2 Å². The monoisotopic (exact) mass is 276 g/mol. The predicted octanol–water partition coefficient (Wildman–Crippen LogP) is 3.71. The van der Waals surface area contributed by atoms with Crippen molar-refractivity contribution in [1.29, 1.82) is 0 Å². The zero-order valence-electron chi connectivity index (χ0n) is 7.33. The van der Waals surface area contributed by atoms with Crippen molar-refractivity contribution in [2.75, 3.05) is 12.5 Å². The third-order valence-corrected chi connectivity index (χ3v) is 4.12. The number of hydrogen-bond donors (Lipinski definition) is 0. The second-order valence-electron chi connectivity index (χ2n) is 2.35. The highest BCUT2D eigenvalue weighted by molar-refractivity contribution is 9.10. The smallest absolute Gasteiger partial charge is 0.151 e. The van der Waals surface area contributed by atoms with Crippen LogP contribution in [-0.4, -0.2) is 18.8 Å². The van der Waals surface area contributed by atoms with Crippen LogP contribution in [0.25, 0.3) is 0 Å². The Labute approximate surface area is 94.8 Å². The molecule has 70 valence electrons. The molecule has 0 unspecified atom stereocenters. The first-order valence-electron chi connectivity index (χ1n) is 3.59. The van der Waals surface area contributed by atoms with E-state index in [1.54, 1.807) is 23.5 Å². The molecule has 0 heterocycles. The fraction of sp³-hybridized carbons (Fsp3) is 0.222. The molecule has 0 spiro atoms. The zero-order valence-corrected chi connectivity index (χ0v) is 10.6. The number of halogens is 1. The van der Waals surface area contributed by atoms with E-state index in [0.29, 0.717) is 0 Å². The third kappa shape index (κ3) is 2.51. The standard InChI is InChI=1S/C9H9BrOS2/c1-12-8-4-7(10)9(13-2)3-6(8)5-11/h3-5H,1-2H3. The predicted molar refractivity (Wildman–Crippen MR) is 63.1 cm³/mol. The Kier molecular flexibility index (Phi) is 4.35. The van der Waals surface area contributed by atoms with Crippen molar-refractivity contribution >= 4 is 45.7 Å². The van der Waals surface area contributed by atoms with E-state index in [-0.39, 0.29) is 0 Å². The van der Waals surface area contributed by atoms with Crippen LogP contribution in [0, 0.1) is 0 Å². The van der Waals surface area contributed by atoms with Gasteiger partial charge in [0.25, 0.3) is 0 Å². The molecular weight excluding hydrogens is 268 g/mol. The molecule has 0 bridgehead atoms. The summed E-state index contributed by atoms with van der Waals surface area (Å²) in [5.74, 6) is 0. The molecule has 1 aromatic carbocycles. The summed E-state index contributed by atoms with van der Waals surface area (Å²) < 4.78 is 1.05. The minimum Gasteiger partial charge on any atom is -0.298 e. The Balaban J connectivity index is 3.26. The van der Waals surface area contributed by atoms with Crippen molar-refractivity contribution in [2.24, 2.45) is 0 Å². The normalized spacial score (nSPS) is 10.1. The molecule has 1 rings (SSSR count). The van der Waals surface area contributed by atoms with Crippen molar-refractivity contribution in [3.63, 3.8) is 0 Å². The molecular formula is C9H9BrOS2. The van der Waals surface area contributed by atoms with Crippen LogP contribution in [0.5, 0.6) is 0 Å². The van der Waals surface area contributed by atoms with E-state index < -0.39 is 0 Å². The molecule has 0 radical (unpaired) electrons. The number of carbonyl (C=O) groups is 1. The fourth-order valence-corrected chi connectivity index (χ4v) is 3.03. The van der Waals surface area contributed by atoms with Gasteiger partial charge in [-0.05, 0) is 40.6 Å². The maximum Gasteiger partial charge on any atom is 0.151 e. The average Bonchev–Trinajstić information content (AvgIpc) is 2.17. The summed E-state index contributed by atoms with van der Waals surface area (Å²) in [6.45, 7) is 0. The minimum atomic E-state index is 0.764. The van der Waals surface area contributed by atoms with E-state index in [4.69, 9.17) is 0 Å². The Morgan fingerprint density at radius 1 is 1.23 bits per heavy atom. The van der Waals surface area contributed by atoms with Crippen LogP contribution in [-0.2, 0) is 0 Å². The molecule has 0 aliphatic carbocycles. The second-order valence-corrected chi connectivity index (χ2v) is 4.90. The molecule has 0 aliphatic rings. The van der Waals surface area contributed by atoms with E-state index in [1.165, 1.54) is 0 Å². The molecule has 4 heteroatoms. The largest absolute Gasteiger partial charge is 0.298 e. The molecule has 1 nitrogen and oxygen atoms in total. The first-order chi connectivity index (χ1) is 6.22. The van der Waals surface area contributed by atoms with E-state index in [2.05, 4.69) is 15.9 Å². The molecule has 0 saturated heterocycles. The van der Waals surface area contributed by atoms with Crippen LogP contribution in [0.1, 0.15) is 10.4 Å². The number of hydrogen-bond acceptors (Lipinski definition) is 3. The number of carbonyl (C=O) groups excluding carboxylic acids is 1. The summed E-state index contributed by atoms with van der Waals surface area (Å²) in [6, 6.07) is 3.90. The molecule has 1 aromatic rings. The SMILES string of the molecule is CSc1cc(C=O)c(SC)cc1Br. The van der Waals surface area contributed by atoms with Gasteiger partial charge in [0.1, 0.15) is 0 Å². The van der Waals surface area contributed by atoms with E-state index in [1.807, 2.05) is 24.6 Å². The molecule has 0 saturated carbocycles. The Morgan fingerprint density at radius 2 is 1.85 bits per heavy atom. The second kappa shape index (κ2) is 5.08. The Hall–Kier alpha value is 0.0700. The first kappa shape index (κ1) is 11.1. The van der Waals surface area contributed by atoms with Gasteiger partial charge >= 0.3 is 0 Å². The minimum absolute atomic E-state index is 0.764. The molecule has 0 aromatic heterocycles. The highest BCUT2D eigenvalue weighted by atomic mass is 79.9. The summed E-state index contributed by atoms with van der Waals surface area (Å²) in [6.07, 6.45) is 4.86. The van der Waals surface area contributed by atoms with Gasteiger partial charge in [-0.3, -0.25) is 4.79 Å². The van der Waals surface area contributed by atoms with Crippen molar-refractivity contribution in [2.45, 2.75) is 9.79 Å². The number of thioether (sulfide) groups is 2. The van der Waals surface area contributed by atoms with Crippen molar-refractivity contribution in [1.82, 2.24) is 0 Å². The lowest BCUT2D eigenvalue weighted by Crippen LogP contribution is -1.86. The number of benzene rings is 1. The average molecular weight is 277 g/mol. The number of aldehydes is 1. The van der Waals surface area contributed by atoms with Crippen LogP contribution in [0.4, 0.5) is 0 Å². The van der Waals surface area contributed by atoms with Gasteiger partial charge in [0.15, 0.2) is 6.29 Å². The summed E-state index contributed by atoms with van der Waals surface area (Å²) in [7, 11) is 0. The van der Waals surface area contributed by atoms with Gasteiger partial charge in [0.2, 0.25) is 0 Å². The highest BCUT2D eigenvalue weighted by Crippen LogP contribution is 2.32. The van der Waals surface area contributed by atoms with Gasteiger partial charge in [0.05, 0.1) is 0 Å². The number of rotatable bonds is 3. The van der Waals surface area contributed by atoms with Crippen LogP contribution >= 0.6 is 39.5 Å². The molecule has 13 heavy (non-hydrogen) atoms. The van der Waals surface area contributed by atoms with E-state index in [0.717, 1.165) is 26.1 Å². The third-order valence-electron chi connectivity index (χ3n) is 1.63. The quantitative estimate of drug-likeness (QED) is 0.619. The summed E-state index contributed by atoms with van der Waals surface area (Å²) in [5.41, 5.74) is 0.764. The van der Waals surface area contributed by atoms with Crippen molar-refractivity contribution in [3.8, 4) is 0 Å². The molecule has 0 atom stereocenters. The van der Waals surface area contributed by atoms with Crippen LogP contribution in [0.15, 0.2) is 26.4 Å². The summed E-state index contributed by atoms with van der Waals surface area (Å²) in [5, 5.41) is 0. The van der Waals surface area contributed by atoms with Gasteiger partial charge in [0, 0.05) is 19.8 Å². The molecule has 0 aliphatic heterocycles. The molecule has 0 N–H and O–H groups in total. The van der Waals surface area contributed by atoms with Crippen LogP contribution in [0.3, 0.4) is 0 Å². The first-order valence-corrected chi connectivity index (χ1v) is 6.84. The van der Waals surface area contributed by atoms with Crippen LogP contribution in [0.2, 0.25) is 0 Å². The maximum absolute atomic E-state index is 10.7.